The number of dihydropyridines is 1. The first-order chi connectivity index (χ1) is 9.83. The van der Waals surface area contributed by atoms with Gasteiger partial charge in [0.05, 0.1) is 6.17 Å². The Balaban J connectivity index is 1.84. The summed E-state index contributed by atoms with van der Waals surface area (Å²) in [5, 5.41) is 6.37. The molecule has 0 radical (unpaired) electrons. The highest BCUT2D eigenvalue weighted by Crippen LogP contribution is 2.16. The van der Waals surface area contributed by atoms with Gasteiger partial charge in [0.15, 0.2) is 0 Å². The molecule has 2 atom stereocenters. The van der Waals surface area contributed by atoms with Crippen molar-refractivity contribution >= 4 is 6.09 Å². The van der Waals surface area contributed by atoms with Crippen molar-refractivity contribution in [1.82, 2.24) is 15.5 Å². The number of carbonyl (C=O) groups is 1. The number of amides is 1. The normalized spacial score (nSPS) is 26.8. The van der Waals surface area contributed by atoms with Crippen LogP contribution in [-0.4, -0.2) is 41.9 Å². The van der Waals surface area contributed by atoms with E-state index in [2.05, 4.69) is 34.6 Å². The molecule has 0 aromatic rings. The maximum absolute atomic E-state index is 11.9. The van der Waals surface area contributed by atoms with E-state index < -0.39 is 5.60 Å². The van der Waals surface area contributed by atoms with Crippen LogP contribution in [0.5, 0.6) is 0 Å². The van der Waals surface area contributed by atoms with E-state index in [4.69, 9.17) is 4.74 Å². The van der Waals surface area contributed by atoms with Gasteiger partial charge in [-0.2, -0.15) is 0 Å². The zero-order chi connectivity index (χ0) is 15.5. The van der Waals surface area contributed by atoms with E-state index in [-0.39, 0.29) is 18.3 Å². The Bertz CT molecular complexity index is 437. The average Bonchev–Trinajstić information content (AvgIpc) is 2.37. The second-order valence-electron chi connectivity index (χ2n) is 6.84. The number of hydrogen-bond donors (Lipinski definition) is 2. The van der Waals surface area contributed by atoms with Crippen LogP contribution in [0.1, 0.15) is 40.5 Å². The van der Waals surface area contributed by atoms with Crippen LogP contribution in [0.3, 0.4) is 0 Å². The number of carbonyl (C=O) groups excluding carboxylic acids is 1. The summed E-state index contributed by atoms with van der Waals surface area (Å²) in [6.45, 7) is 9.60. The van der Waals surface area contributed by atoms with E-state index in [9.17, 15) is 4.79 Å². The molecule has 118 valence electrons. The standard InChI is InChI=1S/C16H27N3O2/c1-12-7-8-14(17-10-12)19-9-5-6-13(11-19)18-15(20)21-16(2,3)4/h7-8,10,13-14,17H,5-6,9,11H2,1-4H3,(H,18,20)/t13-,14?/m1/s1. The molecule has 0 aliphatic carbocycles. The Morgan fingerprint density at radius 3 is 2.86 bits per heavy atom. The van der Waals surface area contributed by atoms with Crippen molar-refractivity contribution < 1.29 is 9.53 Å². The molecule has 2 heterocycles. The van der Waals surface area contributed by atoms with Gasteiger partial charge in [0.1, 0.15) is 5.60 Å². The van der Waals surface area contributed by atoms with Crippen molar-refractivity contribution in [2.24, 2.45) is 0 Å². The van der Waals surface area contributed by atoms with Crippen LogP contribution in [-0.2, 0) is 4.74 Å². The first kappa shape index (κ1) is 15.9. The maximum Gasteiger partial charge on any atom is 0.407 e. The molecule has 0 saturated carbocycles. The van der Waals surface area contributed by atoms with E-state index in [0.29, 0.717) is 0 Å². The molecule has 0 bridgehead atoms. The van der Waals surface area contributed by atoms with Crippen molar-refractivity contribution in [2.75, 3.05) is 13.1 Å². The summed E-state index contributed by atoms with van der Waals surface area (Å²) < 4.78 is 5.33. The van der Waals surface area contributed by atoms with Crippen molar-refractivity contribution in [1.29, 1.82) is 0 Å². The number of nitrogens with one attached hydrogen (secondary N) is 2. The molecule has 2 aliphatic rings. The van der Waals surface area contributed by atoms with Gasteiger partial charge in [-0.3, -0.25) is 4.90 Å². The molecule has 5 heteroatoms. The lowest BCUT2D eigenvalue weighted by Crippen LogP contribution is -2.54. The Morgan fingerprint density at radius 1 is 1.48 bits per heavy atom. The van der Waals surface area contributed by atoms with E-state index >= 15 is 0 Å². The number of piperidine rings is 1. The first-order valence-electron chi connectivity index (χ1n) is 7.68. The number of allylic oxidation sites excluding steroid dienone is 2. The van der Waals surface area contributed by atoms with Gasteiger partial charge in [-0.15, -0.1) is 0 Å². The second-order valence-corrected chi connectivity index (χ2v) is 6.84. The molecule has 2 aliphatic heterocycles. The molecule has 21 heavy (non-hydrogen) atoms. The van der Waals surface area contributed by atoms with Crippen LogP contribution in [0.2, 0.25) is 0 Å². The summed E-state index contributed by atoms with van der Waals surface area (Å²) in [5.41, 5.74) is 0.778. The molecule has 0 spiro atoms. The second kappa shape index (κ2) is 6.52. The Kier molecular flexibility index (Phi) is 4.93. The molecule has 1 saturated heterocycles. The van der Waals surface area contributed by atoms with Gasteiger partial charge in [-0.1, -0.05) is 6.08 Å². The van der Waals surface area contributed by atoms with E-state index in [0.717, 1.165) is 25.9 Å². The van der Waals surface area contributed by atoms with E-state index in [1.54, 1.807) is 0 Å². The lowest BCUT2D eigenvalue weighted by Gasteiger charge is -2.38. The van der Waals surface area contributed by atoms with Crippen LogP contribution in [0, 0.1) is 0 Å². The fourth-order valence-corrected chi connectivity index (χ4v) is 2.64. The Labute approximate surface area is 127 Å². The van der Waals surface area contributed by atoms with Gasteiger partial charge in [-0.25, -0.2) is 4.79 Å². The van der Waals surface area contributed by atoms with Crippen molar-refractivity contribution in [2.45, 2.75) is 58.3 Å². The van der Waals surface area contributed by atoms with Crippen LogP contribution >= 0.6 is 0 Å². The molecular formula is C16H27N3O2. The predicted molar refractivity (Wildman–Crippen MR) is 83.8 cm³/mol. The lowest BCUT2D eigenvalue weighted by molar-refractivity contribution is 0.0459. The highest BCUT2D eigenvalue weighted by Gasteiger charge is 2.27. The van der Waals surface area contributed by atoms with Crippen LogP contribution < -0.4 is 10.6 Å². The summed E-state index contributed by atoms with van der Waals surface area (Å²) >= 11 is 0. The minimum atomic E-state index is -0.450. The van der Waals surface area contributed by atoms with Gasteiger partial charge in [0.2, 0.25) is 0 Å². The number of likely N-dealkylation sites (tertiary alicyclic amines) is 1. The topological polar surface area (TPSA) is 53.6 Å². The van der Waals surface area contributed by atoms with E-state index in [1.807, 2.05) is 27.0 Å². The fraction of sp³-hybridized carbons (Fsp3) is 0.688. The molecule has 1 fully saturated rings. The predicted octanol–water partition coefficient (Wildman–Crippen LogP) is 2.36. The smallest absolute Gasteiger partial charge is 0.407 e. The third-order valence-electron chi connectivity index (χ3n) is 3.59. The molecule has 5 nitrogen and oxygen atoms in total. The van der Waals surface area contributed by atoms with E-state index in [1.165, 1.54) is 5.57 Å². The van der Waals surface area contributed by atoms with Gasteiger partial charge < -0.3 is 15.4 Å². The third kappa shape index (κ3) is 5.08. The number of nitrogens with zero attached hydrogens (tertiary/aromatic N) is 1. The molecule has 1 amide bonds. The highest BCUT2D eigenvalue weighted by molar-refractivity contribution is 5.68. The Morgan fingerprint density at radius 2 is 2.24 bits per heavy atom. The summed E-state index contributed by atoms with van der Waals surface area (Å²) in [4.78, 5) is 14.2. The van der Waals surface area contributed by atoms with Crippen molar-refractivity contribution in [3.63, 3.8) is 0 Å². The van der Waals surface area contributed by atoms with Crippen molar-refractivity contribution in [3.05, 3.63) is 23.9 Å². The minimum absolute atomic E-state index is 0.149. The Hall–Kier alpha value is -1.49. The van der Waals surface area contributed by atoms with Crippen LogP contribution in [0.15, 0.2) is 23.9 Å². The van der Waals surface area contributed by atoms with Gasteiger partial charge >= 0.3 is 6.09 Å². The highest BCUT2D eigenvalue weighted by atomic mass is 16.6. The molecule has 0 aromatic carbocycles. The fourth-order valence-electron chi connectivity index (χ4n) is 2.64. The van der Waals surface area contributed by atoms with Gasteiger partial charge in [-0.05, 0) is 52.2 Å². The number of hydrogen-bond acceptors (Lipinski definition) is 4. The molecule has 2 rings (SSSR count). The first-order valence-corrected chi connectivity index (χ1v) is 7.68. The maximum atomic E-state index is 11.9. The van der Waals surface area contributed by atoms with Gasteiger partial charge in [0, 0.05) is 25.3 Å². The molecule has 2 N–H and O–H groups in total. The van der Waals surface area contributed by atoms with Crippen LogP contribution in [0.4, 0.5) is 4.79 Å². The molecule has 0 aromatic heterocycles. The molecule has 1 unspecified atom stereocenters. The largest absolute Gasteiger partial charge is 0.444 e. The average molecular weight is 293 g/mol. The van der Waals surface area contributed by atoms with Crippen molar-refractivity contribution in [3.8, 4) is 0 Å². The number of ether oxygens (including phenoxy) is 1. The third-order valence-corrected chi connectivity index (χ3v) is 3.59. The zero-order valence-electron chi connectivity index (χ0n) is 13.5. The SMILES string of the molecule is CC1=CNC(N2CCC[C@@H](NC(=O)OC(C)(C)C)C2)C=C1. The monoisotopic (exact) mass is 293 g/mol. The molecular weight excluding hydrogens is 266 g/mol. The van der Waals surface area contributed by atoms with Gasteiger partial charge in [0.25, 0.3) is 0 Å². The summed E-state index contributed by atoms with van der Waals surface area (Å²) in [6.07, 6.45) is 8.32. The summed E-state index contributed by atoms with van der Waals surface area (Å²) in [5.74, 6) is 0. The number of rotatable bonds is 2. The quantitative estimate of drug-likeness (QED) is 0.820. The summed E-state index contributed by atoms with van der Waals surface area (Å²) in [7, 11) is 0. The zero-order valence-corrected chi connectivity index (χ0v) is 13.5. The summed E-state index contributed by atoms with van der Waals surface area (Å²) in [6, 6.07) is 0.149. The minimum Gasteiger partial charge on any atom is -0.444 e. The number of alkyl carbamates (subject to hydrolysis) is 1. The van der Waals surface area contributed by atoms with Crippen LogP contribution in [0.25, 0.3) is 0 Å². The lowest BCUT2D eigenvalue weighted by atomic mass is 10.0.